The highest BCUT2D eigenvalue weighted by Gasteiger charge is 2.05. The van der Waals surface area contributed by atoms with E-state index in [0.717, 1.165) is 5.01 Å². The molecule has 1 amide bonds. The van der Waals surface area contributed by atoms with E-state index in [0.29, 0.717) is 0 Å². The smallest absolute Gasteiger partial charge is 0.264 e. The van der Waals surface area contributed by atoms with Crippen LogP contribution in [0, 0.1) is 12.3 Å². The molecule has 0 saturated carbocycles. The zero-order valence-corrected chi connectivity index (χ0v) is 6.17. The normalized spacial score (nSPS) is 8.50. The molecule has 0 aromatic carbocycles. The van der Waals surface area contributed by atoms with Crippen molar-refractivity contribution in [1.82, 2.24) is 5.01 Å². The summed E-state index contributed by atoms with van der Waals surface area (Å²) < 4.78 is 4.23. The molecule has 0 unspecified atom stereocenters. The lowest BCUT2D eigenvalue weighted by atomic mass is 10.5. The fourth-order valence-corrected chi connectivity index (χ4v) is 0.435. The monoisotopic (exact) mass is 160 g/mol. The third-order valence-corrected chi connectivity index (χ3v) is 0.899. The number of hydrogen-bond acceptors (Lipinski definition) is 4. The van der Waals surface area contributed by atoms with E-state index in [2.05, 4.69) is 23.0 Å². The highest BCUT2D eigenvalue weighted by atomic mass is 32.1. The lowest BCUT2D eigenvalue weighted by Crippen LogP contribution is -2.39. The maximum absolute atomic E-state index is 10.7. The topological polar surface area (TPSA) is 55.6 Å². The molecule has 0 aromatic heterocycles. The molecule has 0 heterocycles. The highest BCUT2D eigenvalue weighted by molar-refractivity contribution is 7.75. The zero-order valence-electron chi connectivity index (χ0n) is 5.28. The molecule has 0 aromatic rings. The molecule has 0 radical (unpaired) electrons. The minimum Gasteiger partial charge on any atom is -0.309 e. The zero-order chi connectivity index (χ0) is 7.98. The van der Waals surface area contributed by atoms with Crippen molar-refractivity contribution in [2.45, 2.75) is 0 Å². The van der Waals surface area contributed by atoms with Crippen molar-refractivity contribution in [2.24, 2.45) is 5.84 Å². The largest absolute Gasteiger partial charge is 0.309 e. The Balaban J connectivity index is 3.62. The van der Waals surface area contributed by atoms with Gasteiger partial charge in [-0.1, -0.05) is 5.92 Å². The molecule has 2 N–H and O–H groups in total. The predicted molar refractivity (Wildman–Crippen MR) is 39.7 cm³/mol. The van der Waals surface area contributed by atoms with Crippen molar-refractivity contribution < 1.29 is 8.98 Å². The van der Waals surface area contributed by atoms with Gasteiger partial charge < -0.3 is 4.18 Å². The molecule has 0 spiro atoms. The fourth-order valence-electron chi connectivity index (χ4n) is 0.325. The van der Waals surface area contributed by atoms with Crippen LogP contribution in [0.5, 0.6) is 0 Å². The van der Waals surface area contributed by atoms with Crippen LogP contribution in [0.3, 0.4) is 0 Å². The quantitative estimate of drug-likeness (QED) is 0.142. The summed E-state index contributed by atoms with van der Waals surface area (Å²) in [5.41, 5.74) is 0. The fraction of sp³-hybridized carbons (Fsp3) is 0.400. The number of thiol groups is 1. The Labute approximate surface area is 64.9 Å². The van der Waals surface area contributed by atoms with Gasteiger partial charge in [-0.25, -0.2) is 5.84 Å². The van der Waals surface area contributed by atoms with Crippen molar-refractivity contribution in [3.63, 3.8) is 0 Å². The molecule has 0 aliphatic heterocycles. The Kier molecular flexibility index (Phi) is 4.76. The van der Waals surface area contributed by atoms with Gasteiger partial charge in [0.25, 0.3) is 5.91 Å². The van der Waals surface area contributed by atoms with Crippen molar-refractivity contribution in [2.75, 3.05) is 13.2 Å². The number of nitrogens with two attached hydrogens (primary N) is 1. The van der Waals surface area contributed by atoms with E-state index in [4.69, 9.17) is 12.3 Å². The van der Waals surface area contributed by atoms with Crippen LogP contribution in [0.15, 0.2) is 0 Å². The number of terminal acetylenes is 1. The van der Waals surface area contributed by atoms with Gasteiger partial charge in [-0.05, 0) is 12.9 Å². The second kappa shape index (κ2) is 5.11. The van der Waals surface area contributed by atoms with Crippen LogP contribution in [0.4, 0.5) is 0 Å². The molecule has 10 heavy (non-hydrogen) atoms. The molecule has 0 rings (SSSR count). The first-order valence-electron chi connectivity index (χ1n) is 2.47. The van der Waals surface area contributed by atoms with Gasteiger partial charge in [-0.15, -0.1) is 6.42 Å². The van der Waals surface area contributed by atoms with Crippen molar-refractivity contribution in [3.8, 4) is 12.3 Å². The SMILES string of the molecule is C#CCN(N)C(=O)COS. The molecule has 0 aliphatic carbocycles. The van der Waals surface area contributed by atoms with Crippen LogP contribution < -0.4 is 5.84 Å². The van der Waals surface area contributed by atoms with E-state index >= 15 is 0 Å². The first-order valence-corrected chi connectivity index (χ1v) is 2.83. The van der Waals surface area contributed by atoms with Gasteiger partial charge in [0.15, 0.2) is 0 Å². The summed E-state index contributed by atoms with van der Waals surface area (Å²) in [7, 11) is 0. The van der Waals surface area contributed by atoms with Crippen LogP contribution in [0.1, 0.15) is 0 Å². The van der Waals surface area contributed by atoms with Crippen LogP contribution in [0.25, 0.3) is 0 Å². The second-order valence-electron chi connectivity index (χ2n) is 1.50. The van der Waals surface area contributed by atoms with Crippen LogP contribution in [-0.4, -0.2) is 24.1 Å². The molecule has 5 heteroatoms. The van der Waals surface area contributed by atoms with E-state index in [9.17, 15) is 4.79 Å². The summed E-state index contributed by atoms with van der Waals surface area (Å²) in [5, 5.41) is 0.885. The highest BCUT2D eigenvalue weighted by Crippen LogP contribution is 1.83. The summed E-state index contributed by atoms with van der Waals surface area (Å²) in [5.74, 6) is 6.95. The molecule has 4 nitrogen and oxygen atoms in total. The number of nitrogens with zero attached hydrogens (tertiary/aromatic N) is 1. The summed E-state index contributed by atoms with van der Waals surface area (Å²) in [6.45, 7) is -0.0860. The number of hydrazine groups is 1. The average Bonchev–Trinajstić information content (AvgIpc) is 1.89. The predicted octanol–water partition coefficient (Wildman–Crippen LogP) is -0.817. The van der Waals surface area contributed by atoms with E-state index < -0.39 is 5.91 Å². The van der Waals surface area contributed by atoms with Gasteiger partial charge in [-0.3, -0.25) is 9.80 Å². The first kappa shape index (κ1) is 9.30. The standard InChI is InChI=1S/C5H8N2O2S/c1-2-3-7(6)5(8)4-9-10/h1,10H,3-4,6H2. The summed E-state index contributed by atoms with van der Waals surface area (Å²) in [6.07, 6.45) is 4.88. The number of hydrogen-bond donors (Lipinski definition) is 2. The Morgan fingerprint density at radius 3 is 2.90 bits per heavy atom. The Hall–Kier alpha value is -0.700. The number of carbonyl (C=O) groups is 1. The maximum Gasteiger partial charge on any atom is 0.264 e. The minimum absolute atomic E-state index is 0.0793. The Morgan fingerprint density at radius 2 is 2.50 bits per heavy atom. The maximum atomic E-state index is 10.7. The molecule has 56 valence electrons. The third-order valence-electron chi connectivity index (χ3n) is 0.770. The molecule has 0 atom stereocenters. The van der Waals surface area contributed by atoms with Crippen molar-refractivity contribution in [1.29, 1.82) is 0 Å². The van der Waals surface area contributed by atoms with Crippen molar-refractivity contribution in [3.05, 3.63) is 0 Å². The van der Waals surface area contributed by atoms with Gasteiger partial charge in [0.2, 0.25) is 0 Å². The van der Waals surface area contributed by atoms with E-state index in [1.807, 2.05) is 0 Å². The summed E-state index contributed by atoms with van der Waals surface area (Å²) >= 11 is 3.37. The second-order valence-corrected chi connectivity index (χ2v) is 1.76. The molecule has 0 bridgehead atoms. The van der Waals surface area contributed by atoms with Gasteiger partial charge in [-0.2, -0.15) is 0 Å². The van der Waals surface area contributed by atoms with Crippen LogP contribution in [0.2, 0.25) is 0 Å². The van der Waals surface area contributed by atoms with Gasteiger partial charge in [0.1, 0.15) is 6.61 Å². The number of rotatable bonds is 3. The van der Waals surface area contributed by atoms with E-state index in [-0.39, 0.29) is 13.2 Å². The van der Waals surface area contributed by atoms with Crippen LogP contribution >= 0.6 is 12.9 Å². The number of carbonyl (C=O) groups excluding carboxylic acids is 1. The summed E-state index contributed by atoms with van der Waals surface area (Å²) in [4.78, 5) is 10.7. The van der Waals surface area contributed by atoms with Gasteiger partial charge in [0.05, 0.1) is 6.54 Å². The molecular weight excluding hydrogens is 152 g/mol. The lowest BCUT2D eigenvalue weighted by Gasteiger charge is -2.10. The summed E-state index contributed by atoms with van der Waals surface area (Å²) in [6, 6.07) is 0. The first-order chi connectivity index (χ1) is 4.72. The lowest BCUT2D eigenvalue weighted by molar-refractivity contribution is -0.132. The average molecular weight is 160 g/mol. The van der Waals surface area contributed by atoms with Gasteiger partial charge >= 0.3 is 0 Å². The van der Waals surface area contributed by atoms with E-state index in [1.54, 1.807) is 0 Å². The van der Waals surface area contributed by atoms with Crippen LogP contribution in [-0.2, 0) is 8.98 Å². The third kappa shape index (κ3) is 3.35. The number of amides is 1. The van der Waals surface area contributed by atoms with Crippen molar-refractivity contribution >= 4 is 18.8 Å². The van der Waals surface area contributed by atoms with Gasteiger partial charge in [0, 0.05) is 0 Å². The minimum atomic E-state index is -0.395. The molecule has 0 aliphatic rings. The molecule has 0 saturated heterocycles. The molecule has 0 fully saturated rings. The van der Waals surface area contributed by atoms with E-state index in [1.165, 1.54) is 0 Å². The molecular formula is C5H8N2O2S. The Morgan fingerprint density at radius 1 is 1.90 bits per heavy atom. The Bertz CT molecular complexity index is 154.